The molecule has 11 heavy (non-hydrogen) atoms. The molecule has 2 rings (SSSR count). The van der Waals surface area contributed by atoms with E-state index in [1.807, 2.05) is 13.8 Å². The first-order valence-electron chi connectivity index (χ1n) is 3.61. The molecule has 2 N–H and O–H groups in total. The minimum absolute atomic E-state index is 0.0961. The van der Waals surface area contributed by atoms with Gasteiger partial charge in [-0.1, -0.05) is 0 Å². The molecule has 1 spiro atoms. The second-order valence-electron chi connectivity index (χ2n) is 3.13. The summed E-state index contributed by atoms with van der Waals surface area (Å²) in [5, 5.41) is 2.21. The van der Waals surface area contributed by atoms with Crippen LogP contribution in [0.5, 0.6) is 0 Å². The Hall–Kier alpha value is -1.10. The summed E-state index contributed by atoms with van der Waals surface area (Å²) < 4.78 is 0.0961. The molecule has 5 nitrogen and oxygen atoms in total. The van der Waals surface area contributed by atoms with Crippen LogP contribution in [0.2, 0.25) is 0 Å². The number of quaternary nitrogens is 1. The van der Waals surface area contributed by atoms with Crippen LogP contribution in [0.4, 0.5) is 9.59 Å². The van der Waals surface area contributed by atoms with Gasteiger partial charge in [0.2, 0.25) is 0 Å². The maximum absolute atomic E-state index is 11.2. The van der Waals surface area contributed by atoms with Crippen LogP contribution in [0.3, 0.4) is 0 Å². The summed E-state index contributed by atoms with van der Waals surface area (Å²) >= 11 is 0. The molecule has 2 fully saturated rings. The van der Waals surface area contributed by atoms with Gasteiger partial charge in [0.05, 0.1) is 0 Å². The van der Waals surface area contributed by atoms with Crippen molar-refractivity contribution in [3.63, 3.8) is 0 Å². The van der Waals surface area contributed by atoms with Crippen molar-refractivity contribution in [3.8, 4) is 0 Å². The second-order valence-corrected chi connectivity index (χ2v) is 3.13. The van der Waals surface area contributed by atoms with E-state index in [0.29, 0.717) is 0 Å². The van der Waals surface area contributed by atoms with Gasteiger partial charge in [-0.3, -0.25) is 0 Å². The molecule has 0 aromatic heterocycles. The number of carbonyl (C=O) groups excluding carboxylic acids is 2. The van der Waals surface area contributed by atoms with E-state index < -0.39 is 0 Å². The molecule has 0 aliphatic carbocycles. The first-order chi connectivity index (χ1) is 5.09. The van der Waals surface area contributed by atoms with Gasteiger partial charge in [-0.15, -0.1) is 4.59 Å². The van der Waals surface area contributed by atoms with Crippen LogP contribution < -0.4 is 10.7 Å². The van der Waals surface area contributed by atoms with Gasteiger partial charge in [0.15, 0.2) is 12.1 Å². The number of hydrogen-bond donors (Lipinski definition) is 2. The molecule has 2 saturated heterocycles. The quantitative estimate of drug-likeness (QED) is 0.381. The summed E-state index contributed by atoms with van der Waals surface area (Å²) in [7, 11) is 0. The van der Waals surface area contributed by atoms with Crippen molar-refractivity contribution in [1.29, 1.82) is 0 Å². The minimum Gasteiger partial charge on any atom is -0.243 e. The fourth-order valence-electron chi connectivity index (χ4n) is 1.70. The number of nitrogens with one attached hydrogen (secondary N) is 2. The standard InChI is InChI=1S/C6H9N3O2/c1-3-4(2)9(3)6(11)7-5(10)8-9/h3-4H,1-2H3,(H-,7,8,10,11)/p+1/t3-,4+,9?. The zero-order valence-corrected chi connectivity index (χ0v) is 6.42. The monoisotopic (exact) mass is 156 g/mol. The predicted octanol–water partition coefficient (Wildman–Crippen LogP) is -0.0584. The van der Waals surface area contributed by atoms with Gasteiger partial charge < -0.3 is 0 Å². The molecule has 60 valence electrons. The third-order valence-corrected chi connectivity index (χ3v) is 2.74. The van der Waals surface area contributed by atoms with Crippen LogP contribution in [0, 0.1) is 0 Å². The van der Waals surface area contributed by atoms with Crippen LogP contribution in [-0.4, -0.2) is 28.7 Å². The Morgan fingerprint density at radius 2 is 1.82 bits per heavy atom. The molecule has 3 atom stereocenters. The molecular weight excluding hydrogens is 146 g/mol. The fraction of sp³-hybridized carbons (Fsp3) is 0.667. The zero-order valence-electron chi connectivity index (χ0n) is 6.42. The fourth-order valence-corrected chi connectivity index (χ4v) is 1.70. The van der Waals surface area contributed by atoms with E-state index >= 15 is 0 Å². The number of urea groups is 2. The molecule has 0 bridgehead atoms. The van der Waals surface area contributed by atoms with Crippen molar-refractivity contribution in [3.05, 3.63) is 0 Å². The van der Waals surface area contributed by atoms with E-state index in [-0.39, 0.29) is 28.7 Å². The number of imide groups is 1. The molecule has 1 unspecified atom stereocenters. The molecule has 0 aromatic carbocycles. The van der Waals surface area contributed by atoms with Gasteiger partial charge in [-0.05, 0) is 13.8 Å². The average Bonchev–Trinajstić information content (AvgIpc) is 2.36. The van der Waals surface area contributed by atoms with E-state index in [9.17, 15) is 9.59 Å². The predicted molar refractivity (Wildman–Crippen MR) is 36.2 cm³/mol. The van der Waals surface area contributed by atoms with Crippen molar-refractivity contribution >= 4 is 12.1 Å². The highest BCUT2D eigenvalue weighted by Gasteiger charge is 2.72. The summed E-state index contributed by atoms with van der Waals surface area (Å²) in [5.41, 5.74) is 2.59. The van der Waals surface area contributed by atoms with E-state index in [1.165, 1.54) is 0 Å². The highest BCUT2D eigenvalue weighted by molar-refractivity contribution is 5.95. The van der Waals surface area contributed by atoms with Crippen LogP contribution in [0.25, 0.3) is 0 Å². The van der Waals surface area contributed by atoms with Crippen LogP contribution in [0.1, 0.15) is 13.8 Å². The smallest absolute Gasteiger partial charge is 0.243 e. The third-order valence-electron chi connectivity index (χ3n) is 2.74. The Morgan fingerprint density at radius 1 is 1.27 bits per heavy atom. The Morgan fingerprint density at radius 3 is 2.00 bits per heavy atom. The Balaban J connectivity index is 2.30. The number of nitrogens with zero attached hydrogens (tertiary/aromatic N) is 1. The summed E-state index contributed by atoms with van der Waals surface area (Å²) in [6.07, 6.45) is 0. The van der Waals surface area contributed by atoms with Gasteiger partial charge in [0.25, 0.3) is 0 Å². The Bertz CT molecular complexity index is 242. The normalized spacial score (nSPS) is 47.5. The lowest BCUT2D eigenvalue weighted by atomic mass is 10.4. The van der Waals surface area contributed by atoms with Crippen molar-refractivity contribution < 1.29 is 14.2 Å². The van der Waals surface area contributed by atoms with Gasteiger partial charge >= 0.3 is 12.1 Å². The average molecular weight is 156 g/mol. The minimum atomic E-state index is -0.383. The molecule has 0 saturated carbocycles. The number of amides is 4. The van der Waals surface area contributed by atoms with Crippen molar-refractivity contribution in [2.24, 2.45) is 0 Å². The lowest BCUT2D eigenvalue weighted by Crippen LogP contribution is -2.41. The maximum Gasteiger partial charge on any atom is 0.450 e. The molecule has 4 amide bonds. The first-order valence-corrected chi connectivity index (χ1v) is 3.61. The highest BCUT2D eigenvalue weighted by atomic mass is 16.2. The van der Waals surface area contributed by atoms with Gasteiger partial charge in [0.1, 0.15) is 0 Å². The van der Waals surface area contributed by atoms with Crippen molar-refractivity contribution in [2.75, 3.05) is 0 Å². The lowest BCUT2D eigenvalue weighted by Gasteiger charge is -2.04. The third kappa shape index (κ3) is 0.544. The molecule has 5 heteroatoms. The lowest BCUT2D eigenvalue weighted by molar-refractivity contribution is -0.771. The molecular formula is C6H10N3O2+. The summed E-state index contributed by atoms with van der Waals surface area (Å²) in [4.78, 5) is 21.9. The van der Waals surface area contributed by atoms with Crippen LogP contribution in [0.15, 0.2) is 0 Å². The van der Waals surface area contributed by atoms with Gasteiger partial charge in [-0.25, -0.2) is 14.9 Å². The second kappa shape index (κ2) is 1.55. The zero-order chi connectivity index (χ0) is 8.22. The number of carbonyl (C=O) groups is 2. The Kier molecular flexibility index (Phi) is 0.933. The summed E-state index contributed by atoms with van der Waals surface area (Å²) in [6.45, 7) is 3.88. The van der Waals surface area contributed by atoms with E-state index in [2.05, 4.69) is 10.7 Å². The highest BCUT2D eigenvalue weighted by Crippen LogP contribution is 2.38. The van der Waals surface area contributed by atoms with Crippen molar-refractivity contribution in [1.82, 2.24) is 10.7 Å². The van der Waals surface area contributed by atoms with E-state index in [1.54, 1.807) is 0 Å². The molecule has 2 aliphatic heterocycles. The number of rotatable bonds is 0. The van der Waals surface area contributed by atoms with Gasteiger partial charge in [-0.2, -0.15) is 5.43 Å². The van der Waals surface area contributed by atoms with Gasteiger partial charge in [0, 0.05) is 0 Å². The molecule has 0 radical (unpaired) electrons. The topological polar surface area (TPSA) is 58.2 Å². The maximum atomic E-state index is 11.2. The van der Waals surface area contributed by atoms with E-state index in [4.69, 9.17) is 0 Å². The van der Waals surface area contributed by atoms with E-state index in [0.717, 1.165) is 0 Å². The molecule has 0 aromatic rings. The molecule has 2 heterocycles. The summed E-state index contributed by atoms with van der Waals surface area (Å²) in [5.74, 6) is 0. The van der Waals surface area contributed by atoms with Crippen LogP contribution >= 0.6 is 0 Å². The van der Waals surface area contributed by atoms with Crippen LogP contribution in [-0.2, 0) is 0 Å². The largest absolute Gasteiger partial charge is 0.450 e. The van der Waals surface area contributed by atoms with Crippen molar-refractivity contribution in [2.45, 2.75) is 25.9 Å². The summed E-state index contributed by atoms with van der Waals surface area (Å²) in [6, 6.07) is -0.191. The first kappa shape index (κ1) is 6.60. The Labute approximate surface area is 63.9 Å². The molecule has 2 aliphatic rings. The SMILES string of the molecule is C[C@@H]1[C@H](C)[N+]12NC(=O)NC2=O. The number of hydrogen-bond acceptors (Lipinski definition) is 2.